The van der Waals surface area contributed by atoms with Crippen LogP contribution in [-0.4, -0.2) is 19.6 Å². The largest absolute Gasteiger partial charge is 0.496 e. The average Bonchev–Trinajstić information content (AvgIpc) is 2.26. The Morgan fingerprint density at radius 3 is 2.69 bits per heavy atom. The van der Waals surface area contributed by atoms with Gasteiger partial charge in [0.25, 0.3) is 0 Å². The zero-order valence-electron chi connectivity index (χ0n) is 8.88. The highest BCUT2D eigenvalue weighted by Crippen LogP contribution is 2.26. The number of halogens is 3. The summed E-state index contributed by atoms with van der Waals surface area (Å²) >= 11 is 5.58. The lowest BCUT2D eigenvalue weighted by molar-refractivity contribution is -0.0499. The number of ether oxygens (including phenoxy) is 2. The van der Waals surface area contributed by atoms with Crippen LogP contribution in [0.5, 0.6) is 11.5 Å². The molecule has 5 heteroatoms. The zero-order chi connectivity index (χ0) is 12.0. The summed E-state index contributed by atoms with van der Waals surface area (Å²) in [4.78, 5) is 0. The number of hydrogen-bond donors (Lipinski definition) is 0. The van der Waals surface area contributed by atoms with E-state index in [1.165, 1.54) is 19.2 Å². The average molecular weight is 251 g/mol. The van der Waals surface area contributed by atoms with E-state index < -0.39 is 6.61 Å². The maximum Gasteiger partial charge on any atom is 0.387 e. The third-order valence-electron chi connectivity index (χ3n) is 2.06. The van der Waals surface area contributed by atoms with Gasteiger partial charge in [0.05, 0.1) is 7.11 Å². The molecule has 0 heterocycles. The Morgan fingerprint density at radius 1 is 1.38 bits per heavy atom. The quantitative estimate of drug-likeness (QED) is 0.720. The van der Waals surface area contributed by atoms with Crippen molar-refractivity contribution in [3.63, 3.8) is 0 Å². The van der Waals surface area contributed by atoms with Crippen molar-refractivity contribution in [2.75, 3.05) is 13.0 Å². The number of rotatable bonds is 6. The van der Waals surface area contributed by atoms with Crippen molar-refractivity contribution in [3.05, 3.63) is 23.8 Å². The van der Waals surface area contributed by atoms with Crippen molar-refractivity contribution in [2.45, 2.75) is 19.5 Å². The summed E-state index contributed by atoms with van der Waals surface area (Å²) in [7, 11) is 1.49. The number of hydrogen-bond acceptors (Lipinski definition) is 2. The Hall–Kier alpha value is -1.03. The lowest BCUT2D eigenvalue weighted by Gasteiger charge is -2.10. The van der Waals surface area contributed by atoms with Gasteiger partial charge in [-0.3, -0.25) is 0 Å². The molecule has 0 saturated carbocycles. The lowest BCUT2D eigenvalue weighted by Crippen LogP contribution is -2.02. The molecule has 0 bridgehead atoms. The summed E-state index contributed by atoms with van der Waals surface area (Å²) < 4.78 is 33.3. The topological polar surface area (TPSA) is 18.5 Å². The van der Waals surface area contributed by atoms with E-state index in [4.69, 9.17) is 16.3 Å². The molecule has 0 spiro atoms. The van der Waals surface area contributed by atoms with Crippen molar-refractivity contribution in [1.29, 1.82) is 0 Å². The highest BCUT2D eigenvalue weighted by molar-refractivity contribution is 6.17. The van der Waals surface area contributed by atoms with Gasteiger partial charge < -0.3 is 9.47 Å². The van der Waals surface area contributed by atoms with Crippen LogP contribution >= 0.6 is 11.6 Å². The Labute approximate surface area is 98.1 Å². The Balaban J connectivity index is 2.79. The standard InChI is InChI=1S/C11H13ClF2O2/c1-15-10-7-9(16-11(13)14)5-4-8(10)3-2-6-12/h4-5,7,11H,2-3,6H2,1H3. The van der Waals surface area contributed by atoms with Crippen LogP contribution in [0.4, 0.5) is 8.78 Å². The van der Waals surface area contributed by atoms with Crippen molar-refractivity contribution < 1.29 is 18.3 Å². The van der Waals surface area contributed by atoms with Crippen LogP contribution in [0.1, 0.15) is 12.0 Å². The molecule has 0 unspecified atom stereocenters. The lowest BCUT2D eigenvalue weighted by atomic mass is 10.1. The molecule has 90 valence electrons. The van der Waals surface area contributed by atoms with Crippen LogP contribution in [0.3, 0.4) is 0 Å². The first-order valence-electron chi connectivity index (χ1n) is 4.85. The second-order valence-corrected chi connectivity index (χ2v) is 3.52. The highest BCUT2D eigenvalue weighted by atomic mass is 35.5. The second-order valence-electron chi connectivity index (χ2n) is 3.14. The van der Waals surface area contributed by atoms with Crippen LogP contribution in [0.2, 0.25) is 0 Å². The molecule has 0 aliphatic carbocycles. The third-order valence-corrected chi connectivity index (χ3v) is 2.33. The maximum atomic E-state index is 12.0. The molecule has 0 aliphatic rings. The van der Waals surface area contributed by atoms with E-state index in [9.17, 15) is 8.78 Å². The van der Waals surface area contributed by atoms with Gasteiger partial charge >= 0.3 is 6.61 Å². The van der Waals surface area contributed by atoms with E-state index in [1.54, 1.807) is 6.07 Å². The molecule has 1 aromatic rings. The summed E-state index contributed by atoms with van der Waals surface area (Å²) in [6.07, 6.45) is 1.56. The SMILES string of the molecule is COc1cc(OC(F)F)ccc1CCCCl. The van der Waals surface area contributed by atoms with Gasteiger partial charge in [0, 0.05) is 11.9 Å². The minimum absolute atomic E-state index is 0.0986. The Morgan fingerprint density at radius 2 is 2.12 bits per heavy atom. The van der Waals surface area contributed by atoms with Crippen molar-refractivity contribution in [2.24, 2.45) is 0 Å². The fourth-order valence-corrected chi connectivity index (χ4v) is 1.50. The van der Waals surface area contributed by atoms with Crippen LogP contribution in [-0.2, 0) is 6.42 Å². The molecule has 0 amide bonds. The smallest absolute Gasteiger partial charge is 0.387 e. The first kappa shape index (κ1) is 13.0. The fourth-order valence-electron chi connectivity index (χ4n) is 1.36. The molecular formula is C11H13ClF2O2. The summed E-state index contributed by atoms with van der Waals surface area (Å²) in [6, 6.07) is 4.66. The van der Waals surface area contributed by atoms with E-state index in [2.05, 4.69) is 4.74 Å². The minimum Gasteiger partial charge on any atom is -0.496 e. The van der Waals surface area contributed by atoms with Gasteiger partial charge in [-0.1, -0.05) is 6.07 Å². The molecule has 1 aromatic carbocycles. The Bertz CT molecular complexity index is 332. The van der Waals surface area contributed by atoms with Crippen LogP contribution in [0.25, 0.3) is 0 Å². The predicted octanol–water partition coefficient (Wildman–Crippen LogP) is 3.47. The number of benzene rings is 1. The van der Waals surface area contributed by atoms with E-state index >= 15 is 0 Å². The highest BCUT2D eigenvalue weighted by Gasteiger charge is 2.08. The van der Waals surface area contributed by atoms with E-state index in [1.807, 2.05) is 0 Å². The first-order valence-corrected chi connectivity index (χ1v) is 5.38. The van der Waals surface area contributed by atoms with Gasteiger partial charge in [0.1, 0.15) is 11.5 Å². The van der Waals surface area contributed by atoms with Crippen LogP contribution < -0.4 is 9.47 Å². The van der Waals surface area contributed by atoms with Crippen molar-refractivity contribution in [3.8, 4) is 11.5 Å². The molecular weight excluding hydrogens is 238 g/mol. The third kappa shape index (κ3) is 3.85. The summed E-state index contributed by atoms with van der Waals surface area (Å²) in [6.45, 7) is -2.82. The molecule has 0 radical (unpaired) electrons. The Kier molecular flexibility index (Phi) is 5.32. The van der Waals surface area contributed by atoms with Crippen molar-refractivity contribution >= 4 is 11.6 Å². The van der Waals surface area contributed by atoms with Crippen LogP contribution in [0.15, 0.2) is 18.2 Å². The van der Waals surface area contributed by atoms with Gasteiger partial charge in [-0.25, -0.2) is 0 Å². The van der Waals surface area contributed by atoms with Gasteiger partial charge in [0.2, 0.25) is 0 Å². The summed E-state index contributed by atoms with van der Waals surface area (Å²) in [5, 5.41) is 0. The molecule has 0 N–H and O–H groups in total. The molecule has 16 heavy (non-hydrogen) atoms. The molecule has 1 rings (SSSR count). The molecule has 0 aliphatic heterocycles. The van der Waals surface area contributed by atoms with E-state index in [0.29, 0.717) is 11.6 Å². The van der Waals surface area contributed by atoms with Gasteiger partial charge in [-0.05, 0) is 24.5 Å². The van der Waals surface area contributed by atoms with Gasteiger partial charge in [-0.15, -0.1) is 11.6 Å². The predicted molar refractivity (Wildman–Crippen MR) is 58.7 cm³/mol. The van der Waals surface area contributed by atoms with Gasteiger partial charge in [-0.2, -0.15) is 8.78 Å². The summed E-state index contributed by atoms with van der Waals surface area (Å²) in [5.41, 5.74) is 0.935. The molecule has 0 fully saturated rings. The van der Waals surface area contributed by atoms with E-state index in [-0.39, 0.29) is 5.75 Å². The van der Waals surface area contributed by atoms with Crippen molar-refractivity contribution in [1.82, 2.24) is 0 Å². The molecule has 0 saturated heterocycles. The molecule has 2 nitrogen and oxygen atoms in total. The number of aryl methyl sites for hydroxylation is 1. The monoisotopic (exact) mass is 250 g/mol. The molecule has 0 atom stereocenters. The maximum absolute atomic E-state index is 12.0. The van der Waals surface area contributed by atoms with E-state index in [0.717, 1.165) is 18.4 Å². The number of alkyl halides is 3. The van der Waals surface area contributed by atoms with Gasteiger partial charge in [0.15, 0.2) is 0 Å². The number of methoxy groups -OCH3 is 1. The zero-order valence-corrected chi connectivity index (χ0v) is 9.64. The minimum atomic E-state index is -2.82. The fraction of sp³-hybridized carbons (Fsp3) is 0.455. The second kappa shape index (κ2) is 6.53. The normalized spacial score (nSPS) is 10.6. The summed E-state index contributed by atoms with van der Waals surface area (Å²) in [5.74, 6) is 1.20. The first-order chi connectivity index (χ1) is 7.67. The van der Waals surface area contributed by atoms with Crippen LogP contribution in [0, 0.1) is 0 Å². The molecule has 0 aromatic heterocycles.